The highest BCUT2D eigenvalue weighted by Gasteiger charge is 2.49. The lowest BCUT2D eigenvalue weighted by molar-refractivity contribution is -0.121. The van der Waals surface area contributed by atoms with Crippen molar-refractivity contribution in [2.45, 2.75) is 11.3 Å². The van der Waals surface area contributed by atoms with Crippen molar-refractivity contribution in [2.24, 2.45) is 4.99 Å². The lowest BCUT2D eigenvalue weighted by atomic mass is 10.2. The van der Waals surface area contributed by atoms with Crippen LogP contribution in [0.15, 0.2) is 23.2 Å². The molecule has 2 fully saturated rings. The van der Waals surface area contributed by atoms with Gasteiger partial charge in [0.15, 0.2) is 15.0 Å². The summed E-state index contributed by atoms with van der Waals surface area (Å²) in [4.78, 5) is 17.7. The number of amides is 1. The summed E-state index contributed by atoms with van der Waals surface area (Å²) in [6.45, 7) is -0.132. The van der Waals surface area contributed by atoms with Crippen LogP contribution in [0, 0.1) is 0 Å². The van der Waals surface area contributed by atoms with Gasteiger partial charge in [0, 0.05) is 18.0 Å². The summed E-state index contributed by atoms with van der Waals surface area (Å²) in [7, 11) is -1.70. The number of nitrogens with zero attached hydrogens (tertiary/aromatic N) is 2. The van der Waals surface area contributed by atoms with E-state index in [4.69, 9.17) is 27.9 Å². The average molecular weight is 409 g/mol. The molecule has 0 saturated carbocycles. The monoisotopic (exact) mass is 408 g/mol. The topological polar surface area (TPSA) is 76.0 Å². The Kier molecular flexibility index (Phi) is 5.13. The number of thioether (sulfide) groups is 1. The van der Waals surface area contributed by atoms with Crippen LogP contribution in [0.1, 0.15) is 0 Å². The number of carbonyl (C=O) groups is 1. The SMILES string of the molecule is COCC(=O)N=C1SC2CS(=O)(=O)CC2N1c1ccc(Cl)c(Cl)c1. The van der Waals surface area contributed by atoms with Gasteiger partial charge in [-0.15, -0.1) is 0 Å². The first-order valence-electron chi connectivity index (χ1n) is 7.02. The molecule has 0 bridgehead atoms. The number of aliphatic imine (C=N–C) groups is 1. The van der Waals surface area contributed by atoms with Crippen LogP contribution in [-0.4, -0.2) is 56.0 Å². The van der Waals surface area contributed by atoms with Crippen LogP contribution in [0.4, 0.5) is 5.69 Å². The molecule has 130 valence electrons. The quantitative estimate of drug-likeness (QED) is 0.762. The van der Waals surface area contributed by atoms with Gasteiger partial charge in [0.1, 0.15) is 6.61 Å². The molecule has 2 unspecified atom stereocenters. The number of hydrogen-bond donors (Lipinski definition) is 0. The molecule has 2 saturated heterocycles. The molecular weight excluding hydrogens is 395 g/mol. The van der Waals surface area contributed by atoms with E-state index in [2.05, 4.69) is 4.99 Å². The maximum absolute atomic E-state index is 12.0. The molecule has 1 aromatic carbocycles. The molecule has 2 aliphatic heterocycles. The Morgan fingerprint density at radius 3 is 2.79 bits per heavy atom. The van der Waals surface area contributed by atoms with E-state index in [1.807, 2.05) is 0 Å². The van der Waals surface area contributed by atoms with Crippen LogP contribution in [0.25, 0.3) is 0 Å². The van der Waals surface area contributed by atoms with Crippen molar-refractivity contribution in [1.29, 1.82) is 0 Å². The fourth-order valence-corrected chi connectivity index (χ4v) is 6.99. The third kappa shape index (κ3) is 3.57. The van der Waals surface area contributed by atoms with Gasteiger partial charge < -0.3 is 9.64 Å². The number of hydrogen-bond acceptors (Lipinski definition) is 5. The van der Waals surface area contributed by atoms with Crippen molar-refractivity contribution in [3.63, 3.8) is 0 Å². The number of amidine groups is 1. The normalized spacial score (nSPS) is 26.8. The maximum atomic E-state index is 12.0. The van der Waals surface area contributed by atoms with Crippen molar-refractivity contribution < 1.29 is 17.9 Å². The molecule has 2 aliphatic rings. The number of methoxy groups -OCH3 is 1. The smallest absolute Gasteiger partial charge is 0.274 e. The summed E-state index contributed by atoms with van der Waals surface area (Å²) >= 11 is 13.3. The van der Waals surface area contributed by atoms with E-state index in [0.717, 1.165) is 0 Å². The summed E-state index contributed by atoms with van der Waals surface area (Å²) in [5.74, 6) is -0.340. The van der Waals surface area contributed by atoms with Crippen LogP contribution < -0.4 is 4.90 Å². The number of halogens is 2. The lowest BCUT2D eigenvalue weighted by Gasteiger charge is -2.24. The van der Waals surface area contributed by atoms with E-state index in [9.17, 15) is 13.2 Å². The number of carbonyl (C=O) groups excluding carboxylic acids is 1. The van der Waals surface area contributed by atoms with Crippen LogP contribution in [0.3, 0.4) is 0 Å². The Morgan fingerprint density at radius 1 is 1.38 bits per heavy atom. The molecule has 3 rings (SSSR count). The van der Waals surface area contributed by atoms with E-state index >= 15 is 0 Å². The molecule has 0 aromatic heterocycles. The zero-order valence-corrected chi connectivity index (χ0v) is 15.8. The van der Waals surface area contributed by atoms with Crippen molar-refractivity contribution in [3.05, 3.63) is 28.2 Å². The minimum Gasteiger partial charge on any atom is -0.375 e. The summed E-state index contributed by atoms with van der Waals surface area (Å²) < 4.78 is 28.7. The third-order valence-corrected chi connectivity index (χ3v) is 7.68. The number of rotatable bonds is 3. The fraction of sp³-hybridized carbons (Fsp3) is 0.429. The van der Waals surface area contributed by atoms with Crippen LogP contribution in [0.2, 0.25) is 10.0 Å². The van der Waals surface area contributed by atoms with Gasteiger partial charge >= 0.3 is 0 Å². The van der Waals surface area contributed by atoms with E-state index in [1.54, 1.807) is 23.1 Å². The molecule has 24 heavy (non-hydrogen) atoms. The summed E-state index contributed by atoms with van der Waals surface area (Å²) in [5, 5.41) is 1.04. The second-order valence-electron chi connectivity index (χ2n) is 5.49. The molecule has 0 N–H and O–H groups in total. The van der Waals surface area contributed by atoms with Gasteiger partial charge in [-0.3, -0.25) is 4.79 Å². The second-order valence-corrected chi connectivity index (χ2v) is 9.66. The highest BCUT2D eigenvalue weighted by atomic mass is 35.5. The van der Waals surface area contributed by atoms with Crippen molar-refractivity contribution >= 4 is 61.6 Å². The van der Waals surface area contributed by atoms with Gasteiger partial charge in [-0.25, -0.2) is 8.42 Å². The lowest BCUT2D eigenvalue weighted by Crippen LogP contribution is -2.37. The second kappa shape index (κ2) is 6.84. The van der Waals surface area contributed by atoms with E-state index in [0.29, 0.717) is 20.9 Å². The van der Waals surface area contributed by atoms with Crippen LogP contribution in [0.5, 0.6) is 0 Å². The largest absolute Gasteiger partial charge is 0.375 e. The number of benzene rings is 1. The number of fused-ring (bicyclic) bond motifs is 1. The van der Waals surface area contributed by atoms with Gasteiger partial charge in [0.05, 0.1) is 27.6 Å². The van der Waals surface area contributed by atoms with E-state index in [1.165, 1.54) is 18.9 Å². The molecule has 1 aromatic rings. The number of sulfone groups is 1. The minimum atomic E-state index is -3.11. The molecule has 2 heterocycles. The first-order chi connectivity index (χ1) is 11.3. The predicted molar refractivity (Wildman–Crippen MR) is 97.1 cm³/mol. The molecule has 6 nitrogen and oxygen atoms in total. The summed E-state index contributed by atoms with van der Waals surface area (Å²) in [5.41, 5.74) is 0.658. The van der Waals surface area contributed by atoms with Crippen LogP contribution >= 0.6 is 35.0 Å². The molecule has 1 amide bonds. The Hall–Kier alpha value is -0.800. The Balaban J connectivity index is 2.01. The summed E-state index contributed by atoms with van der Waals surface area (Å²) in [6.07, 6.45) is 0. The summed E-state index contributed by atoms with van der Waals surface area (Å²) in [6, 6.07) is 4.73. The van der Waals surface area contributed by atoms with Crippen molar-refractivity contribution in [2.75, 3.05) is 30.1 Å². The zero-order valence-electron chi connectivity index (χ0n) is 12.6. The van der Waals surface area contributed by atoms with E-state index in [-0.39, 0.29) is 29.4 Å². The number of anilines is 1. The Morgan fingerprint density at radius 2 is 2.12 bits per heavy atom. The predicted octanol–water partition coefficient (Wildman–Crippen LogP) is 2.24. The van der Waals surface area contributed by atoms with Gasteiger partial charge in [-0.1, -0.05) is 35.0 Å². The van der Waals surface area contributed by atoms with Gasteiger partial charge in [0.25, 0.3) is 5.91 Å². The molecule has 0 aliphatic carbocycles. The van der Waals surface area contributed by atoms with Crippen LogP contribution in [-0.2, 0) is 19.4 Å². The van der Waals surface area contributed by atoms with E-state index < -0.39 is 15.7 Å². The third-order valence-electron chi connectivity index (χ3n) is 3.74. The molecule has 10 heteroatoms. The van der Waals surface area contributed by atoms with Gasteiger partial charge in [-0.2, -0.15) is 4.99 Å². The molecule has 0 radical (unpaired) electrons. The molecule has 2 atom stereocenters. The van der Waals surface area contributed by atoms with Gasteiger partial charge in [0.2, 0.25) is 0 Å². The number of ether oxygens (including phenoxy) is 1. The first-order valence-corrected chi connectivity index (χ1v) is 10.5. The minimum absolute atomic E-state index is 0.0163. The van der Waals surface area contributed by atoms with Crippen molar-refractivity contribution in [1.82, 2.24) is 0 Å². The van der Waals surface area contributed by atoms with Crippen molar-refractivity contribution in [3.8, 4) is 0 Å². The molecular formula is C14H14Cl2N2O4S2. The Labute approximate surface area is 154 Å². The highest BCUT2D eigenvalue weighted by Crippen LogP contribution is 2.42. The van der Waals surface area contributed by atoms with Gasteiger partial charge in [-0.05, 0) is 18.2 Å². The highest BCUT2D eigenvalue weighted by molar-refractivity contribution is 8.16. The standard InChI is InChI=1S/C14H14Cl2N2O4S2/c1-22-5-13(19)17-14-18(8-2-3-9(15)10(16)4-8)11-6-24(20,21)7-12(11)23-14/h2-4,11-12H,5-7H2,1H3. The zero-order chi connectivity index (χ0) is 17.5. The average Bonchev–Trinajstić information content (AvgIpc) is 2.93. The fourth-order valence-electron chi connectivity index (χ4n) is 2.76. The first kappa shape index (κ1) is 18.0. The molecule has 0 spiro atoms. The maximum Gasteiger partial charge on any atom is 0.274 e. The Bertz CT molecular complexity index is 813.